The minimum Gasteiger partial charge on any atom is -0.497 e. The predicted octanol–water partition coefficient (Wildman–Crippen LogP) is 6.28. The van der Waals surface area contributed by atoms with Crippen LogP contribution in [0.3, 0.4) is 0 Å². The number of methoxy groups -OCH3 is 1. The normalized spacial score (nSPS) is 14.1. The van der Waals surface area contributed by atoms with Crippen LogP contribution >= 0.6 is 0 Å². The number of nitrogens with zero attached hydrogens (tertiary/aromatic N) is 2. The molecule has 2 heterocycles. The molecular formula is C29H31N3O2. The number of aromatic nitrogens is 2. The lowest BCUT2D eigenvalue weighted by Gasteiger charge is -2.26. The Morgan fingerprint density at radius 3 is 2.15 bits per heavy atom. The third kappa shape index (κ3) is 5.15. The second kappa shape index (κ2) is 10.6. The molecule has 1 saturated heterocycles. The van der Waals surface area contributed by atoms with Gasteiger partial charge in [-0.2, -0.15) is 0 Å². The molecule has 3 aromatic carbocycles. The SMILES string of the molecule is COc1ccc(-c2nc(-c3ccccc3)c(-c3ccc(OCCN4CCCCC4)cc3)[nH]2)cc1. The van der Waals surface area contributed by atoms with Crippen LogP contribution in [0.5, 0.6) is 11.5 Å². The molecule has 0 amide bonds. The first kappa shape index (κ1) is 22.2. The molecule has 0 unspecified atom stereocenters. The van der Waals surface area contributed by atoms with Crippen LogP contribution in [0.1, 0.15) is 19.3 Å². The van der Waals surface area contributed by atoms with Crippen LogP contribution < -0.4 is 9.47 Å². The van der Waals surface area contributed by atoms with Gasteiger partial charge in [-0.05, 0) is 74.5 Å². The predicted molar refractivity (Wildman–Crippen MR) is 137 cm³/mol. The number of nitrogens with one attached hydrogen (secondary N) is 1. The Hall–Kier alpha value is -3.57. The molecule has 0 bridgehead atoms. The van der Waals surface area contributed by atoms with Crippen LogP contribution in [0.15, 0.2) is 78.9 Å². The molecule has 1 N–H and O–H groups in total. The van der Waals surface area contributed by atoms with Gasteiger partial charge in [0.1, 0.15) is 23.9 Å². The number of rotatable bonds is 8. The zero-order valence-corrected chi connectivity index (χ0v) is 19.7. The van der Waals surface area contributed by atoms with Crippen LogP contribution in [0.25, 0.3) is 33.9 Å². The van der Waals surface area contributed by atoms with Gasteiger partial charge in [-0.3, -0.25) is 4.90 Å². The standard InChI is InChI=1S/C29H31N3O2/c1-33-25-14-12-24(13-15-25)29-30-27(22-8-4-2-5-9-22)28(31-29)23-10-16-26(17-11-23)34-21-20-32-18-6-3-7-19-32/h2,4-5,8-17H,3,6-7,18-21H2,1H3,(H,30,31). The highest BCUT2D eigenvalue weighted by molar-refractivity contribution is 5.81. The van der Waals surface area contributed by atoms with Crippen molar-refractivity contribution in [2.45, 2.75) is 19.3 Å². The molecule has 0 spiro atoms. The molecule has 4 aromatic rings. The molecule has 34 heavy (non-hydrogen) atoms. The fourth-order valence-corrected chi connectivity index (χ4v) is 4.47. The summed E-state index contributed by atoms with van der Waals surface area (Å²) in [6.45, 7) is 4.10. The van der Waals surface area contributed by atoms with E-state index >= 15 is 0 Å². The van der Waals surface area contributed by atoms with Crippen LogP contribution in [0, 0.1) is 0 Å². The van der Waals surface area contributed by atoms with Gasteiger partial charge in [0, 0.05) is 23.2 Å². The number of hydrogen-bond acceptors (Lipinski definition) is 4. The van der Waals surface area contributed by atoms with Gasteiger partial charge in [-0.1, -0.05) is 36.8 Å². The number of imidazole rings is 1. The van der Waals surface area contributed by atoms with E-state index in [4.69, 9.17) is 14.5 Å². The molecule has 5 heteroatoms. The lowest BCUT2D eigenvalue weighted by atomic mass is 10.1. The van der Waals surface area contributed by atoms with Crippen molar-refractivity contribution in [3.63, 3.8) is 0 Å². The van der Waals surface area contributed by atoms with Crippen molar-refractivity contribution in [2.75, 3.05) is 33.4 Å². The van der Waals surface area contributed by atoms with Crippen molar-refractivity contribution in [1.82, 2.24) is 14.9 Å². The zero-order chi connectivity index (χ0) is 23.2. The van der Waals surface area contributed by atoms with Crippen LogP contribution in [-0.4, -0.2) is 48.2 Å². The van der Waals surface area contributed by atoms with Gasteiger partial charge >= 0.3 is 0 Å². The molecule has 1 fully saturated rings. The molecule has 0 atom stereocenters. The fraction of sp³-hybridized carbons (Fsp3) is 0.276. The summed E-state index contributed by atoms with van der Waals surface area (Å²) in [5, 5.41) is 0. The molecule has 0 saturated carbocycles. The van der Waals surface area contributed by atoms with Gasteiger partial charge < -0.3 is 14.5 Å². The molecule has 0 aliphatic carbocycles. The maximum atomic E-state index is 6.03. The monoisotopic (exact) mass is 453 g/mol. The number of hydrogen-bond donors (Lipinski definition) is 1. The number of benzene rings is 3. The van der Waals surface area contributed by atoms with E-state index < -0.39 is 0 Å². The highest BCUT2D eigenvalue weighted by Gasteiger charge is 2.16. The Morgan fingerprint density at radius 2 is 1.44 bits per heavy atom. The molecule has 1 aromatic heterocycles. The van der Waals surface area contributed by atoms with Crippen molar-refractivity contribution in [2.24, 2.45) is 0 Å². The molecule has 0 radical (unpaired) electrons. The van der Waals surface area contributed by atoms with Gasteiger partial charge in [0.05, 0.1) is 18.5 Å². The molecule has 5 nitrogen and oxygen atoms in total. The van der Waals surface area contributed by atoms with E-state index in [9.17, 15) is 0 Å². The summed E-state index contributed by atoms with van der Waals surface area (Å²) in [5.74, 6) is 2.56. The Kier molecular flexibility index (Phi) is 6.91. The molecule has 5 rings (SSSR count). The summed E-state index contributed by atoms with van der Waals surface area (Å²) in [4.78, 5) is 11.0. The first-order valence-electron chi connectivity index (χ1n) is 12.1. The second-order valence-corrected chi connectivity index (χ2v) is 8.68. The first-order chi connectivity index (χ1) is 16.8. The van der Waals surface area contributed by atoms with E-state index in [-0.39, 0.29) is 0 Å². The van der Waals surface area contributed by atoms with Crippen molar-refractivity contribution < 1.29 is 9.47 Å². The van der Waals surface area contributed by atoms with Crippen molar-refractivity contribution >= 4 is 0 Å². The molecule has 1 aliphatic heterocycles. The average molecular weight is 454 g/mol. The van der Waals surface area contributed by atoms with Gasteiger partial charge in [0.25, 0.3) is 0 Å². The summed E-state index contributed by atoms with van der Waals surface area (Å²) >= 11 is 0. The maximum Gasteiger partial charge on any atom is 0.138 e. The smallest absolute Gasteiger partial charge is 0.138 e. The summed E-state index contributed by atoms with van der Waals surface area (Å²) in [6.07, 6.45) is 3.97. The van der Waals surface area contributed by atoms with E-state index in [0.29, 0.717) is 0 Å². The number of aromatic amines is 1. The van der Waals surface area contributed by atoms with Crippen LogP contribution in [-0.2, 0) is 0 Å². The minimum absolute atomic E-state index is 0.723. The summed E-state index contributed by atoms with van der Waals surface area (Å²) in [5.41, 5.74) is 5.11. The highest BCUT2D eigenvalue weighted by Crippen LogP contribution is 2.34. The Bertz CT molecular complexity index is 1180. The lowest BCUT2D eigenvalue weighted by molar-refractivity contribution is 0.183. The number of ether oxygens (including phenoxy) is 2. The molecule has 1 aliphatic rings. The highest BCUT2D eigenvalue weighted by atomic mass is 16.5. The molecule has 174 valence electrons. The van der Waals surface area contributed by atoms with Gasteiger partial charge in [-0.25, -0.2) is 4.98 Å². The second-order valence-electron chi connectivity index (χ2n) is 8.68. The summed E-state index contributed by atoms with van der Waals surface area (Å²) in [7, 11) is 1.68. The van der Waals surface area contributed by atoms with E-state index in [0.717, 1.165) is 58.6 Å². The van der Waals surface area contributed by atoms with Gasteiger partial charge in [-0.15, -0.1) is 0 Å². The molecular weight excluding hydrogens is 422 g/mol. The van der Waals surface area contributed by atoms with Gasteiger partial charge in [0.2, 0.25) is 0 Å². The Labute approximate surface area is 201 Å². The van der Waals surface area contributed by atoms with Crippen molar-refractivity contribution in [3.8, 4) is 45.4 Å². The fourth-order valence-electron chi connectivity index (χ4n) is 4.47. The Morgan fingerprint density at radius 1 is 0.765 bits per heavy atom. The summed E-state index contributed by atoms with van der Waals surface area (Å²) in [6, 6.07) is 26.6. The third-order valence-electron chi connectivity index (χ3n) is 6.38. The third-order valence-corrected chi connectivity index (χ3v) is 6.38. The van der Waals surface area contributed by atoms with E-state index in [1.165, 1.54) is 32.4 Å². The average Bonchev–Trinajstić information content (AvgIpc) is 3.36. The van der Waals surface area contributed by atoms with Crippen LogP contribution in [0.4, 0.5) is 0 Å². The quantitative estimate of drug-likeness (QED) is 0.341. The van der Waals surface area contributed by atoms with E-state index in [2.05, 4.69) is 34.1 Å². The van der Waals surface area contributed by atoms with Gasteiger partial charge in [0.15, 0.2) is 0 Å². The number of piperidine rings is 1. The lowest BCUT2D eigenvalue weighted by Crippen LogP contribution is -2.33. The Balaban J connectivity index is 1.37. The number of likely N-dealkylation sites (tertiary alicyclic amines) is 1. The minimum atomic E-state index is 0.723. The van der Waals surface area contributed by atoms with E-state index in [1.54, 1.807) is 7.11 Å². The largest absolute Gasteiger partial charge is 0.497 e. The topological polar surface area (TPSA) is 50.4 Å². The maximum absolute atomic E-state index is 6.03. The van der Waals surface area contributed by atoms with Crippen molar-refractivity contribution in [1.29, 1.82) is 0 Å². The number of H-pyrrole nitrogens is 1. The first-order valence-corrected chi connectivity index (χ1v) is 12.1. The van der Waals surface area contributed by atoms with E-state index in [1.807, 2.05) is 54.6 Å². The summed E-state index contributed by atoms with van der Waals surface area (Å²) < 4.78 is 11.3. The zero-order valence-electron chi connectivity index (χ0n) is 19.7. The van der Waals surface area contributed by atoms with Crippen LogP contribution in [0.2, 0.25) is 0 Å². The van der Waals surface area contributed by atoms with Crippen molar-refractivity contribution in [3.05, 3.63) is 78.9 Å².